The molecule has 1 amide bonds. The Morgan fingerprint density at radius 3 is 2.42 bits per heavy atom. The first kappa shape index (κ1) is 25.3. The fourth-order valence-electron chi connectivity index (χ4n) is 3.55. The second-order valence-corrected chi connectivity index (χ2v) is 11.0. The molecule has 0 fully saturated rings. The summed E-state index contributed by atoms with van der Waals surface area (Å²) in [4.78, 5) is 21.8. The molecule has 1 aromatic heterocycles. The predicted octanol–water partition coefficient (Wildman–Crippen LogP) is 4.67. The molecule has 6 nitrogen and oxygen atoms in total. The number of halogens is 1. The van der Waals surface area contributed by atoms with Crippen molar-refractivity contribution in [2.24, 2.45) is 0 Å². The van der Waals surface area contributed by atoms with Crippen molar-refractivity contribution in [2.45, 2.75) is 38.5 Å². The number of rotatable bonds is 11. The van der Waals surface area contributed by atoms with Gasteiger partial charge in [0.05, 0.1) is 20.9 Å². The summed E-state index contributed by atoms with van der Waals surface area (Å²) in [7, 11) is -3.58. The van der Waals surface area contributed by atoms with Crippen LogP contribution in [0.15, 0.2) is 47.4 Å². The molecule has 0 atom stereocenters. The van der Waals surface area contributed by atoms with Gasteiger partial charge in [0.1, 0.15) is 5.82 Å². The Bertz CT molecular complexity index is 1190. The molecule has 9 heteroatoms. The summed E-state index contributed by atoms with van der Waals surface area (Å²) in [5, 5.41) is 0.633. The Morgan fingerprint density at radius 1 is 1.06 bits per heavy atom. The van der Waals surface area contributed by atoms with Crippen LogP contribution in [0.2, 0.25) is 0 Å². The first-order chi connectivity index (χ1) is 15.7. The molecule has 0 N–H and O–H groups in total. The predicted molar refractivity (Wildman–Crippen MR) is 132 cm³/mol. The molecule has 3 rings (SSSR count). The smallest absolute Gasteiger partial charge is 0.228 e. The van der Waals surface area contributed by atoms with E-state index in [1.54, 1.807) is 4.90 Å². The molecule has 0 saturated heterocycles. The number of aryl methyl sites for hydroxylation is 1. The lowest BCUT2D eigenvalue weighted by molar-refractivity contribution is -0.118. The summed E-state index contributed by atoms with van der Waals surface area (Å²) in [6, 6.07) is 10.8. The molecule has 33 heavy (non-hydrogen) atoms. The van der Waals surface area contributed by atoms with Crippen molar-refractivity contribution in [3.63, 3.8) is 0 Å². The van der Waals surface area contributed by atoms with Gasteiger partial charge >= 0.3 is 0 Å². The van der Waals surface area contributed by atoms with Crippen molar-refractivity contribution >= 4 is 42.4 Å². The summed E-state index contributed by atoms with van der Waals surface area (Å²) in [6.45, 7) is 9.14. The van der Waals surface area contributed by atoms with Gasteiger partial charge in [0, 0.05) is 19.5 Å². The zero-order valence-electron chi connectivity index (χ0n) is 19.3. The van der Waals surface area contributed by atoms with Gasteiger partial charge in [0.15, 0.2) is 15.0 Å². The molecule has 3 aromatic rings. The number of thiazole rings is 1. The van der Waals surface area contributed by atoms with Crippen molar-refractivity contribution in [3.8, 4) is 0 Å². The van der Waals surface area contributed by atoms with E-state index in [1.807, 2.05) is 19.1 Å². The Labute approximate surface area is 199 Å². The second-order valence-electron chi connectivity index (χ2n) is 7.92. The summed E-state index contributed by atoms with van der Waals surface area (Å²) in [6.07, 6.45) is 0.276. The van der Waals surface area contributed by atoms with Crippen molar-refractivity contribution in [1.82, 2.24) is 9.88 Å². The van der Waals surface area contributed by atoms with Crippen LogP contribution in [-0.2, 0) is 14.6 Å². The highest BCUT2D eigenvalue weighted by Gasteiger charge is 2.22. The largest absolute Gasteiger partial charge is 0.302 e. The summed E-state index contributed by atoms with van der Waals surface area (Å²) >= 11 is 1.47. The maximum atomic E-state index is 13.2. The molecule has 0 bridgehead atoms. The number of benzene rings is 2. The van der Waals surface area contributed by atoms with Gasteiger partial charge < -0.3 is 4.90 Å². The van der Waals surface area contributed by atoms with E-state index in [1.165, 1.54) is 23.5 Å². The summed E-state index contributed by atoms with van der Waals surface area (Å²) < 4.78 is 39.2. The highest BCUT2D eigenvalue weighted by atomic mass is 32.2. The van der Waals surface area contributed by atoms with Crippen LogP contribution in [0.4, 0.5) is 9.52 Å². The number of carbonyl (C=O) groups is 1. The van der Waals surface area contributed by atoms with Crippen LogP contribution < -0.4 is 4.90 Å². The maximum absolute atomic E-state index is 13.2. The van der Waals surface area contributed by atoms with E-state index in [-0.39, 0.29) is 29.4 Å². The van der Waals surface area contributed by atoms with E-state index in [0.29, 0.717) is 18.2 Å². The van der Waals surface area contributed by atoms with E-state index in [2.05, 4.69) is 29.8 Å². The monoisotopic (exact) mass is 491 g/mol. The molecule has 0 unspecified atom stereocenters. The Kier molecular flexibility index (Phi) is 8.56. The first-order valence-corrected chi connectivity index (χ1v) is 13.6. The van der Waals surface area contributed by atoms with E-state index in [9.17, 15) is 17.6 Å². The van der Waals surface area contributed by atoms with Gasteiger partial charge in [-0.05, 0) is 68.4 Å². The number of nitrogens with zero attached hydrogens (tertiary/aromatic N) is 3. The third kappa shape index (κ3) is 6.59. The van der Waals surface area contributed by atoms with Crippen LogP contribution in [0.5, 0.6) is 0 Å². The van der Waals surface area contributed by atoms with Gasteiger partial charge in [-0.2, -0.15) is 0 Å². The third-order valence-corrected chi connectivity index (χ3v) is 8.43. The minimum Gasteiger partial charge on any atom is -0.302 e. The number of likely N-dealkylation sites (N-methyl/N-ethyl adjacent to an activating group) is 1. The average Bonchev–Trinajstić information content (AvgIpc) is 3.19. The molecule has 2 aromatic carbocycles. The maximum Gasteiger partial charge on any atom is 0.228 e. The van der Waals surface area contributed by atoms with Crippen LogP contribution >= 0.6 is 11.3 Å². The van der Waals surface area contributed by atoms with Crippen LogP contribution in [-0.4, -0.2) is 56.1 Å². The number of aromatic nitrogens is 1. The lowest BCUT2D eigenvalue weighted by Gasteiger charge is -2.24. The topological polar surface area (TPSA) is 70.6 Å². The van der Waals surface area contributed by atoms with Crippen LogP contribution in [0.3, 0.4) is 0 Å². The standard InChI is InChI=1S/C24H30FN3O3S2/c1-4-27(5-2)14-15-28(24-26-21-13-8-18(3)17-22(21)32-24)23(29)7-6-16-33(30,31)20-11-9-19(25)10-12-20/h8-13,17H,4-7,14-16H2,1-3H3. The van der Waals surface area contributed by atoms with Crippen molar-refractivity contribution < 1.29 is 17.6 Å². The molecular weight excluding hydrogens is 461 g/mol. The zero-order chi connectivity index (χ0) is 24.0. The third-order valence-electron chi connectivity index (χ3n) is 5.58. The molecular formula is C24H30FN3O3S2. The normalized spacial score (nSPS) is 11.9. The fourth-order valence-corrected chi connectivity index (χ4v) is 5.97. The van der Waals surface area contributed by atoms with E-state index >= 15 is 0 Å². The Hall–Kier alpha value is -2.36. The minimum absolute atomic E-state index is 0.0660. The lowest BCUT2D eigenvalue weighted by Crippen LogP contribution is -2.38. The van der Waals surface area contributed by atoms with Gasteiger partial charge in [0.2, 0.25) is 5.91 Å². The lowest BCUT2D eigenvalue weighted by atomic mass is 10.2. The van der Waals surface area contributed by atoms with Gasteiger partial charge in [-0.3, -0.25) is 9.69 Å². The van der Waals surface area contributed by atoms with Crippen LogP contribution in [0.25, 0.3) is 10.2 Å². The molecule has 178 valence electrons. The van der Waals surface area contributed by atoms with Gasteiger partial charge in [-0.1, -0.05) is 31.3 Å². The second kappa shape index (κ2) is 11.2. The molecule has 0 spiro atoms. The highest BCUT2D eigenvalue weighted by Crippen LogP contribution is 2.30. The number of sulfone groups is 1. The van der Waals surface area contributed by atoms with Crippen LogP contribution in [0.1, 0.15) is 32.3 Å². The number of hydrogen-bond acceptors (Lipinski definition) is 6. The number of carbonyl (C=O) groups excluding carboxylic acids is 1. The van der Waals surface area contributed by atoms with Crippen molar-refractivity contribution in [3.05, 3.63) is 53.8 Å². The molecule has 1 heterocycles. The highest BCUT2D eigenvalue weighted by molar-refractivity contribution is 7.91. The van der Waals surface area contributed by atoms with Gasteiger partial charge in [-0.15, -0.1) is 0 Å². The Balaban J connectivity index is 1.73. The molecule has 0 aliphatic carbocycles. The number of anilines is 1. The molecule has 0 saturated carbocycles. The molecule has 0 radical (unpaired) electrons. The van der Waals surface area contributed by atoms with E-state index < -0.39 is 15.7 Å². The minimum atomic E-state index is -3.58. The van der Waals surface area contributed by atoms with E-state index in [4.69, 9.17) is 0 Å². The quantitative estimate of drug-likeness (QED) is 0.365. The van der Waals surface area contributed by atoms with Gasteiger partial charge in [-0.25, -0.2) is 17.8 Å². The fraction of sp³-hybridized carbons (Fsp3) is 0.417. The number of fused-ring (bicyclic) bond motifs is 1. The van der Waals surface area contributed by atoms with Crippen LogP contribution in [0, 0.1) is 12.7 Å². The first-order valence-electron chi connectivity index (χ1n) is 11.1. The summed E-state index contributed by atoms with van der Waals surface area (Å²) in [5.41, 5.74) is 1.98. The SMILES string of the molecule is CCN(CC)CCN(C(=O)CCCS(=O)(=O)c1ccc(F)cc1)c1nc2ccc(C)cc2s1. The zero-order valence-corrected chi connectivity index (χ0v) is 20.9. The molecule has 0 aliphatic rings. The number of amides is 1. The molecule has 0 aliphatic heterocycles. The summed E-state index contributed by atoms with van der Waals surface area (Å²) in [5.74, 6) is -0.806. The van der Waals surface area contributed by atoms with Gasteiger partial charge in [0.25, 0.3) is 0 Å². The number of hydrogen-bond donors (Lipinski definition) is 0. The average molecular weight is 492 g/mol. The van der Waals surface area contributed by atoms with Crippen molar-refractivity contribution in [1.29, 1.82) is 0 Å². The Morgan fingerprint density at radius 2 is 1.76 bits per heavy atom. The van der Waals surface area contributed by atoms with E-state index in [0.717, 1.165) is 41.0 Å². The van der Waals surface area contributed by atoms with Crippen molar-refractivity contribution in [2.75, 3.05) is 36.8 Å².